The van der Waals surface area contributed by atoms with Gasteiger partial charge in [0.25, 0.3) is 0 Å². The van der Waals surface area contributed by atoms with Gasteiger partial charge in [-0.15, -0.1) is 0 Å². The van der Waals surface area contributed by atoms with Gasteiger partial charge >= 0.3 is 0 Å². The Morgan fingerprint density at radius 2 is 1.80 bits per heavy atom. The van der Waals surface area contributed by atoms with Gasteiger partial charge in [-0.05, 0) is 39.6 Å². The molecule has 0 radical (unpaired) electrons. The molecule has 1 nitrogen and oxygen atoms in total. The Hall–Kier alpha value is -0.850. The van der Waals surface area contributed by atoms with Gasteiger partial charge < -0.3 is 0 Å². The molecule has 0 bridgehead atoms. The molecule has 0 aliphatic rings. The van der Waals surface area contributed by atoms with Crippen LogP contribution in [0.25, 0.3) is 0 Å². The van der Waals surface area contributed by atoms with Crippen LogP contribution in [0.5, 0.6) is 0 Å². The number of carbonyl (C=O) groups excluding carboxylic acids is 1. The summed E-state index contributed by atoms with van der Waals surface area (Å²) in [6.45, 7) is -8.27. The number of rotatable bonds is 2. The molecule has 0 aliphatic heterocycles. The zero-order valence-corrected chi connectivity index (χ0v) is 5.41. The molecular weight excluding hydrogens is 124 g/mol. The summed E-state index contributed by atoms with van der Waals surface area (Å²) in [5.74, 6) is -1.55. The van der Waals surface area contributed by atoms with E-state index in [0.29, 0.717) is 0 Å². The van der Waals surface area contributed by atoms with Crippen molar-refractivity contribution in [3.05, 3.63) is 23.3 Å². The van der Waals surface area contributed by atoms with E-state index in [2.05, 4.69) is 0 Å². The zero-order valence-electron chi connectivity index (χ0n) is 16.4. The van der Waals surface area contributed by atoms with Crippen LogP contribution in [0.3, 0.4) is 0 Å². The summed E-state index contributed by atoms with van der Waals surface area (Å²) in [4.78, 5) is 11.8. The molecule has 0 atom stereocenters. The molecule has 0 fully saturated rings. The molecule has 56 valence electrons. The Morgan fingerprint density at radius 1 is 1.30 bits per heavy atom. The Bertz CT molecular complexity index is 469. The van der Waals surface area contributed by atoms with Crippen LogP contribution in [0.1, 0.15) is 42.6 Å². The minimum Gasteiger partial charge on any atom is -0.290 e. The normalized spacial score (nSPS) is 31.9. The average molecular weight is 149 g/mol. The first kappa shape index (κ1) is 1.66. The SMILES string of the molecule is [2H]C(C(=O)/C([2H])=C(/C)C([2H])([2H])[2H])=C(C([2H])([2H])[2H])C([2H])([2H])[2H]. The molecule has 0 heterocycles. The molecule has 1 heteroatoms. The molecule has 0 aromatic heterocycles. The van der Waals surface area contributed by atoms with Gasteiger partial charge in [-0.1, -0.05) is 11.1 Å². The van der Waals surface area contributed by atoms with Crippen molar-refractivity contribution in [2.24, 2.45) is 0 Å². The second-order valence-electron chi connectivity index (χ2n) is 1.58. The van der Waals surface area contributed by atoms with Crippen LogP contribution in [0, 0.1) is 0 Å². The summed E-state index contributed by atoms with van der Waals surface area (Å²) < 4.78 is 78.6. The lowest BCUT2D eigenvalue weighted by Gasteiger charge is -1.87. The van der Waals surface area contributed by atoms with Crippen molar-refractivity contribution in [2.45, 2.75) is 27.5 Å². The highest BCUT2D eigenvalue weighted by atomic mass is 16.1. The third kappa shape index (κ3) is 5.29. The Kier molecular flexibility index (Phi) is 0.670. The number of allylic oxidation sites excluding steroid dienone is 4. The highest BCUT2D eigenvalue weighted by Gasteiger charge is 1.89. The van der Waals surface area contributed by atoms with Crippen molar-refractivity contribution < 1.29 is 19.9 Å². The van der Waals surface area contributed by atoms with Gasteiger partial charge in [0.1, 0.15) is 0 Å². The van der Waals surface area contributed by atoms with Gasteiger partial charge in [-0.25, -0.2) is 0 Å². The van der Waals surface area contributed by atoms with Crippen molar-refractivity contribution >= 4 is 5.78 Å². The lowest BCUT2D eigenvalue weighted by atomic mass is 10.2. The van der Waals surface area contributed by atoms with Crippen LogP contribution in [-0.4, -0.2) is 5.78 Å². The molecule has 0 N–H and O–H groups in total. The quantitative estimate of drug-likeness (QED) is 0.551. The number of hydrogen-bond acceptors (Lipinski definition) is 1. The summed E-state index contributed by atoms with van der Waals surface area (Å²) >= 11 is 0. The van der Waals surface area contributed by atoms with E-state index in [1.165, 1.54) is 0 Å². The molecular formula is C9H14O. The van der Waals surface area contributed by atoms with E-state index in [4.69, 9.17) is 15.1 Å². The molecule has 0 aromatic rings. The van der Waals surface area contributed by atoms with Crippen LogP contribution in [-0.2, 0) is 4.79 Å². The van der Waals surface area contributed by atoms with Gasteiger partial charge in [0.2, 0.25) is 0 Å². The van der Waals surface area contributed by atoms with Gasteiger partial charge in [0.05, 0.1) is 2.74 Å². The second kappa shape index (κ2) is 4.04. The zero-order chi connectivity index (χ0) is 17.4. The monoisotopic (exact) mass is 149 g/mol. The number of ketones is 1. The van der Waals surface area contributed by atoms with E-state index in [9.17, 15) is 4.79 Å². The molecule has 0 aliphatic carbocycles. The largest absolute Gasteiger partial charge is 0.290 e. The standard InChI is InChI=1S/C9H14O/c1-7(2)5-9(10)6-8(3)4/h5-6H,1-4H3/i1D3,2D3,3D3,5D,6D/b8-6+. The summed E-state index contributed by atoms with van der Waals surface area (Å²) in [5.41, 5.74) is -2.03. The van der Waals surface area contributed by atoms with Crippen molar-refractivity contribution in [2.75, 3.05) is 0 Å². The van der Waals surface area contributed by atoms with E-state index in [0.717, 1.165) is 6.92 Å². The van der Waals surface area contributed by atoms with E-state index in [1.54, 1.807) is 0 Å². The highest BCUT2D eigenvalue weighted by Crippen LogP contribution is 1.94. The summed E-state index contributed by atoms with van der Waals surface area (Å²) in [7, 11) is 0. The first-order valence-electron chi connectivity index (χ1n) is 7.95. The lowest BCUT2D eigenvalue weighted by molar-refractivity contribution is -0.110. The maximum atomic E-state index is 11.8. The molecule has 0 saturated heterocycles. The van der Waals surface area contributed by atoms with Crippen molar-refractivity contribution in [3.63, 3.8) is 0 Å². The third-order valence-corrected chi connectivity index (χ3v) is 0.540. The first-order chi connectivity index (χ1) is 9.01. The van der Waals surface area contributed by atoms with Crippen LogP contribution in [0.15, 0.2) is 23.3 Å². The Labute approximate surface area is 77.9 Å². The molecule has 10 heavy (non-hydrogen) atoms. The molecule has 0 spiro atoms. The molecule has 0 saturated carbocycles. The van der Waals surface area contributed by atoms with Crippen molar-refractivity contribution in [1.29, 1.82) is 0 Å². The van der Waals surface area contributed by atoms with E-state index >= 15 is 0 Å². The third-order valence-electron chi connectivity index (χ3n) is 0.540. The summed E-state index contributed by atoms with van der Waals surface area (Å²) in [5, 5.41) is 0. The van der Waals surface area contributed by atoms with Gasteiger partial charge in [0.15, 0.2) is 5.78 Å². The van der Waals surface area contributed by atoms with Crippen molar-refractivity contribution in [3.8, 4) is 0 Å². The fraction of sp³-hybridized carbons (Fsp3) is 0.444. The highest BCUT2D eigenvalue weighted by molar-refractivity contribution is 5.99. The average Bonchev–Trinajstić information content (AvgIpc) is 2.20. The predicted molar refractivity (Wildman–Crippen MR) is 43.9 cm³/mol. The van der Waals surface area contributed by atoms with Crippen molar-refractivity contribution in [1.82, 2.24) is 0 Å². The maximum absolute atomic E-state index is 11.8. The number of hydrogen-bond donors (Lipinski definition) is 0. The number of carbonyl (C=O) groups is 1. The Morgan fingerprint density at radius 3 is 2.30 bits per heavy atom. The van der Waals surface area contributed by atoms with E-state index in [1.807, 2.05) is 0 Å². The van der Waals surface area contributed by atoms with Gasteiger partial charge in [-0.2, -0.15) is 0 Å². The molecule has 0 aromatic carbocycles. The van der Waals surface area contributed by atoms with Crippen LogP contribution >= 0.6 is 0 Å². The van der Waals surface area contributed by atoms with Crippen LogP contribution < -0.4 is 0 Å². The van der Waals surface area contributed by atoms with Gasteiger partial charge in [0, 0.05) is 12.3 Å². The molecule has 0 unspecified atom stereocenters. The molecule has 0 rings (SSSR count). The second-order valence-corrected chi connectivity index (χ2v) is 1.58. The first-order valence-corrected chi connectivity index (χ1v) is 2.45. The fourth-order valence-electron chi connectivity index (χ4n) is 0.315. The van der Waals surface area contributed by atoms with E-state index < -0.39 is 49.6 Å². The Balaban J connectivity index is 6.16. The minimum absolute atomic E-state index is 0.646. The molecule has 0 amide bonds. The summed E-state index contributed by atoms with van der Waals surface area (Å²) in [6.07, 6.45) is 0. The van der Waals surface area contributed by atoms with Crippen LogP contribution in [0.4, 0.5) is 0 Å². The minimum atomic E-state index is -3.23. The summed E-state index contributed by atoms with van der Waals surface area (Å²) in [6, 6.07) is -2.51. The fourth-order valence-corrected chi connectivity index (χ4v) is 0.315. The topological polar surface area (TPSA) is 17.1 Å². The maximum Gasteiger partial charge on any atom is 0.178 e. The lowest BCUT2D eigenvalue weighted by Crippen LogP contribution is -1.87. The smallest absolute Gasteiger partial charge is 0.178 e. The van der Waals surface area contributed by atoms with Crippen LogP contribution in [0.2, 0.25) is 0 Å². The predicted octanol–water partition coefficient (Wildman–Crippen LogP) is 2.49. The van der Waals surface area contributed by atoms with Gasteiger partial charge in [-0.3, -0.25) is 4.79 Å². The van der Waals surface area contributed by atoms with E-state index in [-0.39, 0.29) is 0 Å².